The highest BCUT2D eigenvalue weighted by atomic mass is 19.4. The summed E-state index contributed by atoms with van der Waals surface area (Å²) in [5.74, 6) is -0.801. The third-order valence-electron chi connectivity index (χ3n) is 8.69. The fourth-order valence-corrected chi connectivity index (χ4v) is 5.96. The number of amides is 1. The zero-order valence-electron chi connectivity index (χ0n) is 26.5. The molecule has 258 valence electrons. The van der Waals surface area contributed by atoms with Gasteiger partial charge in [0.05, 0.1) is 11.1 Å². The van der Waals surface area contributed by atoms with Crippen LogP contribution in [0.4, 0.5) is 26.3 Å². The van der Waals surface area contributed by atoms with E-state index in [1.807, 2.05) is 12.1 Å². The Morgan fingerprint density at radius 1 is 0.833 bits per heavy atom. The number of likely N-dealkylation sites (tertiary alicyclic amines) is 1. The van der Waals surface area contributed by atoms with Crippen molar-refractivity contribution in [1.29, 1.82) is 0 Å². The van der Waals surface area contributed by atoms with Crippen LogP contribution in [0.15, 0.2) is 66.7 Å². The molecule has 1 aliphatic carbocycles. The molecule has 0 aromatic heterocycles. The van der Waals surface area contributed by atoms with Gasteiger partial charge in [0.2, 0.25) is 0 Å². The lowest BCUT2D eigenvalue weighted by Gasteiger charge is -2.22. The second-order valence-corrected chi connectivity index (χ2v) is 13.2. The average Bonchev–Trinajstić information content (AvgIpc) is 3.45. The first-order chi connectivity index (χ1) is 22.4. The SMILES string of the molecule is CC(C)(C)c1ccc(O[C@@H](Cc2ccc(OCCNC3[C@H]4CN(C(=O)c5cc(C(F)(F)F)cc(C(F)(F)F)c5)C[C@@H]34)cc2)C(=O)O)cc1. The number of alkyl halides is 6. The van der Waals surface area contributed by atoms with Crippen LogP contribution in [-0.4, -0.2) is 60.3 Å². The molecule has 1 unspecified atom stereocenters. The van der Waals surface area contributed by atoms with E-state index >= 15 is 0 Å². The number of aliphatic carboxylic acids is 1. The Bertz CT molecular complexity index is 1570. The highest BCUT2D eigenvalue weighted by molar-refractivity contribution is 5.95. The quantitative estimate of drug-likeness (QED) is 0.171. The van der Waals surface area contributed by atoms with Gasteiger partial charge in [0, 0.05) is 37.7 Å². The predicted octanol–water partition coefficient (Wildman–Crippen LogP) is 6.84. The summed E-state index contributed by atoms with van der Waals surface area (Å²) in [5.41, 5.74) is -1.85. The lowest BCUT2D eigenvalue weighted by atomic mass is 9.87. The number of carboxylic acid groups (broad SMARTS) is 1. The van der Waals surface area contributed by atoms with Gasteiger partial charge in [-0.2, -0.15) is 26.3 Å². The van der Waals surface area contributed by atoms with Gasteiger partial charge in [-0.1, -0.05) is 45.0 Å². The average molecular weight is 679 g/mol. The van der Waals surface area contributed by atoms with Crippen LogP contribution in [0.25, 0.3) is 0 Å². The molecule has 2 aliphatic rings. The van der Waals surface area contributed by atoms with Gasteiger partial charge in [-0.25, -0.2) is 4.79 Å². The summed E-state index contributed by atoms with van der Waals surface area (Å²) >= 11 is 0. The zero-order chi connectivity index (χ0) is 35.0. The van der Waals surface area contributed by atoms with Crippen molar-refractivity contribution in [2.24, 2.45) is 11.8 Å². The molecular weight excluding hydrogens is 642 g/mol. The first-order valence-electron chi connectivity index (χ1n) is 15.4. The van der Waals surface area contributed by atoms with Gasteiger partial charge in [-0.3, -0.25) is 4.79 Å². The van der Waals surface area contributed by atoms with Gasteiger partial charge in [0.15, 0.2) is 6.10 Å². The molecule has 3 aromatic carbocycles. The summed E-state index contributed by atoms with van der Waals surface area (Å²) in [7, 11) is 0. The molecule has 4 atom stereocenters. The number of hydrogen-bond acceptors (Lipinski definition) is 5. The Morgan fingerprint density at radius 3 is 1.88 bits per heavy atom. The molecule has 13 heteroatoms. The molecule has 48 heavy (non-hydrogen) atoms. The molecule has 1 amide bonds. The molecule has 2 fully saturated rings. The zero-order valence-corrected chi connectivity index (χ0v) is 26.5. The lowest BCUT2D eigenvalue weighted by molar-refractivity contribution is -0.145. The number of carboxylic acids is 1. The van der Waals surface area contributed by atoms with Crippen LogP contribution in [0.3, 0.4) is 0 Å². The minimum atomic E-state index is -5.03. The first-order valence-corrected chi connectivity index (χ1v) is 15.4. The molecule has 3 aromatic rings. The molecule has 1 aliphatic heterocycles. The van der Waals surface area contributed by atoms with Crippen LogP contribution in [0.2, 0.25) is 0 Å². The summed E-state index contributed by atoms with van der Waals surface area (Å²) in [4.78, 5) is 26.0. The Labute approximate surface area is 273 Å². The number of hydrogen-bond donors (Lipinski definition) is 2. The number of halogens is 6. The van der Waals surface area contributed by atoms with E-state index < -0.39 is 47.0 Å². The van der Waals surface area contributed by atoms with Gasteiger partial charge >= 0.3 is 18.3 Å². The van der Waals surface area contributed by atoms with Crippen LogP contribution in [0.1, 0.15) is 53.4 Å². The Kier molecular flexibility index (Phi) is 9.74. The van der Waals surface area contributed by atoms with Gasteiger partial charge in [-0.05, 0) is 70.8 Å². The molecule has 1 saturated carbocycles. The van der Waals surface area contributed by atoms with Gasteiger partial charge in [0.1, 0.15) is 18.1 Å². The molecule has 1 saturated heterocycles. The minimum absolute atomic E-state index is 0.00727. The summed E-state index contributed by atoms with van der Waals surface area (Å²) in [6, 6.07) is 15.4. The maximum absolute atomic E-state index is 13.2. The van der Waals surface area contributed by atoms with Crippen molar-refractivity contribution in [3.63, 3.8) is 0 Å². The van der Waals surface area contributed by atoms with Crippen LogP contribution in [-0.2, 0) is 29.0 Å². The number of carbonyl (C=O) groups excluding carboxylic acids is 1. The summed E-state index contributed by atoms with van der Waals surface area (Å²) in [6.07, 6.45) is -11.0. The number of ether oxygens (including phenoxy) is 2. The standard InChI is InChI=1S/C35H36F6N2O5/c1-33(2,3)22-6-10-26(11-7-22)48-29(32(45)46)14-20-4-8-25(9-5-20)47-13-12-42-30-27-18-43(19-28(27)30)31(44)21-15-23(34(36,37)38)17-24(16-21)35(39,40)41/h4-11,15-17,27-30,42H,12-14,18-19H2,1-3H3,(H,45,46)/t27-,28+,29-,30?/m0/s1. The number of nitrogens with one attached hydrogen (secondary N) is 1. The fraction of sp³-hybridized carbons (Fsp3) is 0.429. The number of fused-ring (bicyclic) bond motifs is 1. The van der Waals surface area contributed by atoms with Crippen LogP contribution in [0, 0.1) is 11.8 Å². The number of carbonyl (C=O) groups is 2. The molecule has 0 bridgehead atoms. The van der Waals surface area contributed by atoms with Crippen molar-refractivity contribution in [2.45, 2.75) is 57.1 Å². The molecule has 0 radical (unpaired) electrons. The number of benzene rings is 3. The van der Waals surface area contributed by atoms with E-state index in [-0.39, 0.29) is 48.9 Å². The molecular formula is C35H36F6N2O5. The molecule has 5 rings (SSSR count). The third kappa shape index (κ3) is 8.41. The lowest BCUT2D eigenvalue weighted by Crippen LogP contribution is -2.36. The number of nitrogens with zero attached hydrogens (tertiary/aromatic N) is 1. The van der Waals surface area contributed by atoms with Crippen molar-refractivity contribution >= 4 is 11.9 Å². The van der Waals surface area contributed by atoms with Crippen molar-refractivity contribution in [2.75, 3.05) is 26.2 Å². The molecule has 2 N–H and O–H groups in total. The second-order valence-electron chi connectivity index (χ2n) is 13.2. The summed E-state index contributed by atoms with van der Waals surface area (Å²) in [5, 5.41) is 13.0. The van der Waals surface area contributed by atoms with E-state index in [9.17, 15) is 41.0 Å². The maximum atomic E-state index is 13.2. The van der Waals surface area contributed by atoms with E-state index in [1.54, 1.807) is 36.4 Å². The smallest absolute Gasteiger partial charge is 0.416 e. The van der Waals surface area contributed by atoms with Crippen LogP contribution < -0.4 is 14.8 Å². The Morgan fingerprint density at radius 2 is 1.38 bits per heavy atom. The number of piperidine rings is 1. The van der Waals surface area contributed by atoms with E-state index in [2.05, 4.69) is 26.1 Å². The predicted molar refractivity (Wildman–Crippen MR) is 164 cm³/mol. The third-order valence-corrected chi connectivity index (χ3v) is 8.69. The molecule has 1 heterocycles. The summed E-state index contributed by atoms with van der Waals surface area (Å²) in [6.45, 7) is 7.50. The van der Waals surface area contributed by atoms with Crippen molar-refractivity contribution in [3.8, 4) is 11.5 Å². The fourth-order valence-electron chi connectivity index (χ4n) is 5.96. The van der Waals surface area contributed by atoms with E-state index in [0.717, 1.165) is 11.1 Å². The van der Waals surface area contributed by atoms with Crippen molar-refractivity contribution in [3.05, 3.63) is 94.5 Å². The normalized spacial score (nSPS) is 19.9. The van der Waals surface area contributed by atoms with Gasteiger partial charge < -0.3 is 24.8 Å². The van der Waals surface area contributed by atoms with E-state index in [1.165, 1.54) is 4.90 Å². The highest BCUT2D eigenvalue weighted by Gasteiger charge is 2.56. The second kappa shape index (κ2) is 13.3. The monoisotopic (exact) mass is 678 g/mol. The topological polar surface area (TPSA) is 88.1 Å². The molecule has 7 nitrogen and oxygen atoms in total. The number of rotatable bonds is 11. The largest absolute Gasteiger partial charge is 0.492 e. The van der Waals surface area contributed by atoms with Crippen LogP contribution >= 0.6 is 0 Å². The van der Waals surface area contributed by atoms with E-state index in [4.69, 9.17) is 9.47 Å². The first kappa shape index (κ1) is 35.1. The molecule has 0 spiro atoms. The maximum Gasteiger partial charge on any atom is 0.416 e. The van der Waals surface area contributed by atoms with Crippen molar-refractivity contribution in [1.82, 2.24) is 10.2 Å². The van der Waals surface area contributed by atoms with Crippen molar-refractivity contribution < 1.29 is 50.5 Å². The Balaban J connectivity index is 1.05. The van der Waals surface area contributed by atoms with Gasteiger partial charge in [-0.15, -0.1) is 0 Å². The van der Waals surface area contributed by atoms with E-state index in [0.29, 0.717) is 36.8 Å². The van der Waals surface area contributed by atoms with Gasteiger partial charge in [0.25, 0.3) is 5.91 Å². The summed E-state index contributed by atoms with van der Waals surface area (Å²) < 4.78 is 90.8. The highest BCUT2D eigenvalue weighted by Crippen LogP contribution is 2.46. The minimum Gasteiger partial charge on any atom is -0.492 e. The Hall–Kier alpha value is -4.26. The van der Waals surface area contributed by atoms with Crippen LogP contribution in [0.5, 0.6) is 11.5 Å².